The van der Waals surface area contributed by atoms with Crippen molar-refractivity contribution in [3.63, 3.8) is 0 Å². The molecule has 6 unspecified atom stereocenters. The molecule has 4 heteroatoms. The van der Waals surface area contributed by atoms with Crippen LogP contribution in [0.1, 0.15) is 12.8 Å². The topological polar surface area (TPSA) is 45.4 Å². The van der Waals surface area contributed by atoms with Crippen LogP contribution in [-0.2, 0) is 14.3 Å². The molecule has 0 spiro atoms. The van der Waals surface area contributed by atoms with Crippen LogP contribution in [0.25, 0.3) is 0 Å². The predicted octanol–water partition coefficient (Wildman–Crippen LogP) is -0.476. The van der Waals surface area contributed by atoms with Gasteiger partial charge in [0.25, 0.3) is 0 Å². The Morgan fingerprint density at radius 3 is 2.08 bits per heavy atom. The minimum atomic E-state index is 0.310. The molecule has 2 bridgehead atoms. The summed E-state index contributed by atoms with van der Waals surface area (Å²) in [7, 11) is 0. The molecular weight excluding hydrogens is 170 g/mol. The van der Waals surface area contributed by atoms with Crippen LogP contribution in [0.2, 0.25) is 0 Å². The Labute approximate surface area is 75.8 Å². The SMILES string of the molecule is O=CN1C2CC3OC3C1CC1OC12. The number of epoxide rings is 2. The summed E-state index contributed by atoms with van der Waals surface area (Å²) in [6.45, 7) is 0. The van der Waals surface area contributed by atoms with Gasteiger partial charge in [-0.05, 0) is 12.8 Å². The van der Waals surface area contributed by atoms with Crippen LogP contribution in [-0.4, -0.2) is 47.8 Å². The van der Waals surface area contributed by atoms with E-state index in [1.165, 1.54) is 0 Å². The average Bonchev–Trinajstić information content (AvgIpc) is 2.93. The third-order valence-electron chi connectivity index (χ3n) is 3.84. The van der Waals surface area contributed by atoms with E-state index in [9.17, 15) is 4.79 Å². The summed E-state index contributed by atoms with van der Waals surface area (Å²) in [5.41, 5.74) is 0. The fourth-order valence-electron chi connectivity index (χ4n) is 3.10. The monoisotopic (exact) mass is 181 g/mol. The zero-order chi connectivity index (χ0) is 8.58. The summed E-state index contributed by atoms with van der Waals surface area (Å²) in [5, 5.41) is 0. The Balaban J connectivity index is 1.73. The summed E-state index contributed by atoms with van der Waals surface area (Å²) < 4.78 is 11.1. The first-order chi connectivity index (χ1) is 6.38. The van der Waals surface area contributed by atoms with Crippen molar-refractivity contribution in [3.8, 4) is 0 Å². The lowest BCUT2D eigenvalue weighted by Gasteiger charge is -2.39. The second kappa shape index (κ2) is 1.91. The Bertz CT molecular complexity index is 258. The first kappa shape index (κ1) is 6.79. The van der Waals surface area contributed by atoms with Crippen LogP contribution < -0.4 is 0 Å². The zero-order valence-electron chi connectivity index (χ0n) is 7.13. The molecule has 0 aromatic heterocycles. The molecule has 0 aliphatic carbocycles. The quantitative estimate of drug-likeness (QED) is 0.405. The molecule has 70 valence electrons. The number of amides is 1. The number of hydrogen-bond donors (Lipinski definition) is 0. The van der Waals surface area contributed by atoms with Gasteiger partial charge in [0.15, 0.2) is 0 Å². The Morgan fingerprint density at radius 1 is 1.08 bits per heavy atom. The summed E-state index contributed by atoms with van der Waals surface area (Å²) in [5.74, 6) is 0. The smallest absolute Gasteiger partial charge is 0.210 e. The first-order valence-corrected chi connectivity index (χ1v) is 4.92. The van der Waals surface area contributed by atoms with Gasteiger partial charge in [-0.15, -0.1) is 0 Å². The van der Waals surface area contributed by atoms with Gasteiger partial charge in [0.2, 0.25) is 6.41 Å². The third-order valence-corrected chi connectivity index (χ3v) is 3.84. The summed E-state index contributed by atoms with van der Waals surface area (Å²) in [6, 6.07) is 0.620. The fraction of sp³-hybridized carbons (Fsp3) is 0.889. The van der Waals surface area contributed by atoms with Crippen molar-refractivity contribution < 1.29 is 14.3 Å². The molecule has 0 N–H and O–H groups in total. The van der Waals surface area contributed by atoms with Crippen LogP contribution in [0.15, 0.2) is 0 Å². The van der Waals surface area contributed by atoms with Crippen molar-refractivity contribution in [2.75, 3.05) is 0 Å². The van der Waals surface area contributed by atoms with Crippen LogP contribution in [0, 0.1) is 0 Å². The highest BCUT2D eigenvalue weighted by atomic mass is 16.6. The van der Waals surface area contributed by atoms with Gasteiger partial charge in [-0.1, -0.05) is 0 Å². The van der Waals surface area contributed by atoms with E-state index in [1.54, 1.807) is 0 Å². The van der Waals surface area contributed by atoms with Crippen LogP contribution in [0.4, 0.5) is 0 Å². The summed E-state index contributed by atoms with van der Waals surface area (Å²) in [4.78, 5) is 12.8. The van der Waals surface area contributed by atoms with E-state index in [1.807, 2.05) is 4.90 Å². The fourth-order valence-corrected chi connectivity index (χ4v) is 3.10. The maximum absolute atomic E-state index is 10.9. The second-order valence-electron chi connectivity index (χ2n) is 4.44. The molecule has 6 atom stereocenters. The molecular formula is C9H11NO3. The third kappa shape index (κ3) is 0.718. The van der Waals surface area contributed by atoms with Gasteiger partial charge in [-0.3, -0.25) is 4.79 Å². The van der Waals surface area contributed by atoms with E-state index in [-0.39, 0.29) is 0 Å². The summed E-state index contributed by atoms with van der Waals surface area (Å²) in [6.07, 6.45) is 4.46. The highest BCUT2D eigenvalue weighted by molar-refractivity contribution is 5.51. The average molecular weight is 181 g/mol. The lowest BCUT2D eigenvalue weighted by atomic mass is 9.85. The van der Waals surface area contributed by atoms with Crippen molar-refractivity contribution in [1.29, 1.82) is 0 Å². The molecule has 4 rings (SSSR count). The second-order valence-corrected chi connectivity index (χ2v) is 4.44. The molecule has 4 aliphatic rings. The largest absolute Gasteiger partial charge is 0.367 e. The zero-order valence-corrected chi connectivity index (χ0v) is 7.13. The Hall–Kier alpha value is -0.610. The number of ether oxygens (including phenoxy) is 2. The number of fused-ring (bicyclic) bond motifs is 6. The van der Waals surface area contributed by atoms with Gasteiger partial charge in [-0.2, -0.15) is 0 Å². The van der Waals surface area contributed by atoms with Crippen molar-refractivity contribution in [1.82, 2.24) is 4.90 Å². The lowest BCUT2D eigenvalue weighted by Crippen LogP contribution is -2.56. The van der Waals surface area contributed by atoms with E-state index < -0.39 is 0 Å². The van der Waals surface area contributed by atoms with Gasteiger partial charge in [0.05, 0.1) is 24.3 Å². The predicted molar refractivity (Wildman–Crippen MR) is 42.0 cm³/mol. The molecule has 13 heavy (non-hydrogen) atoms. The first-order valence-electron chi connectivity index (χ1n) is 4.92. The van der Waals surface area contributed by atoms with Gasteiger partial charge in [0.1, 0.15) is 12.2 Å². The van der Waals surface area contributed by atoms with Gasteiger partial charge in [0, 0.05) is 0 Å². The van der Waals surface area contributed by atoms with Crippen molar-refractivity contribution in [3.05, 3.63) is 0 Å². The number of hydrogen-bond acceptors (Lipinski definition) is 3. The normalized spacial score (nSPS) is 60.8. The van der Waals surface area contributed by atoms with Crippen LogP contribution >= 0.6 is 0 Å². The van der Waals surface area contributed by atoms with Crippen molar-refractivity contribution in [2.45, 2.75) is 49.3 Å². The van der Waals surface area contributed by atoms with Gasteiger partial charge >= 0.3 is 0 Å². The standard InChI is InChI=1S/C9H11NO3/c11-3-10-4-1-6-9(12-6)5(10)2-7-8(4)13-7/h3-9H,1-2H2. The number of carbonyl (C=O) groups is 1. The van der Waals surface area contributed by atoms with Crippen LogP contribution in [0.3, 0.4) is 0 Å². The molecule has 4 saturated heterocycles. The molecule has 4 aliphatic heterocycles. The molecule has 4 heterocycles. The van der Waals surface area contributed by atoms with Gasteiger partial charge < -0.3 is 14.4 Å². The maximum atomic E-state index is 10.9. The minimum Gasteiger partial charge on any atom is -0.367 e. The summed E-state index contributed by atoms with van der Waals surface area (Å²) >= 11 is 0. The number of piperidine rings is 2. The van der Waals surface area contributed by atoms with E-state index in [2.05, 4.69) is 0 Å². The van der Waals surface area contributed by atoms with E-state index in [0.717, 1.165) is 19.3 Å². The van der Waals surface area contributed by atoms with E-state index in [4.69, 9.17) is 9.47 Å². The number of carbonyl (C=O) groups excluding carboxylic acids is 1. The van der Waals surface area contributed by atoms with Crippen molar-refractivity contribution >= 4 is 6.41 Å². The van der Waals surface area contributed by atoms with E-state index in [0.29, 0.717) is 36.5 Å². The molecule has 4 nitrogen and oxygen atoms in total. The molecule has 1 amide bonds. The van der Waals surface area contributed by atoms with Gasteiger partial charge in [-0.25, -0.2) is 0 Å². The highest BCUT2D eigenvalue weighted by Crippen LogP contribution is 2.50. The molecule has 0 radical (unpaired) electrons. The number of rotatable bonds is 1. The Kier molecular flexibility index (Phi) is 0.996. The van der Waals surface area contributed by atoms with Crippen molar-refractivity contribution in [2.24, 2.45) is 0 Å². The highest BCUT2D eigenvalue weighted by Gasteiger charge is 2.64. The molecule has 0 aromatic carbocycles. The molecule has 4 fully saturated rings. The van der Waals surface area contributed by atoms with E-state index >= 15 is 0 Å². The minimum absolute atomic E-state index is 0.310. The maximum Gasteiger partial charge on any atom is 0.210 e. The number of nitrogens with zero attached hydrogens (tertiary/aromatic N) is 1. The van der Waals surface area contributed by atoms with Crippen LogP contribution in [0.5, 0.6) is 0 Å². The molecule has 0 aromatic rings. The Morgan fingerprint density at radius 2 is 1.62 bits per heavy atom. The molecule has 0 saturated carbocycles. The lowest BCUT2D eigenvalue weighted by molar-refractivity contribution is -0.125.